The molecule has 4 atom stereocenters. The summed E-state index contributed by atoms with van der Waals surface area (Å²) in [6.07, 6.45) is 9.65. The van der Waals surface area contributed by atoms with E-state index < -0.39 is 0 Å². The summed E-state index contributed by atoms with van der Waals surface area (Å²) in [6, 6.07) is 3.38. The van der Waals surface area contributed by atoms with Gasteiger partial charge in [0.25, 0.3) is 0 Å². The predicted molar refractivity (Wildman–Crippen MR) is 101 cm³/mol. The van der Waals surface area contributed by atoms with Crippen molar-refractivity contribution in [2.24, 2.45) is 11.8 Å². The second kappa shape index (κ2) is 6.66. The van der Waals surface area contributed by atoms with Crippen LogP contribution in [0.25, 0.3) is 0 Å². The number of rotatable bonds is 3. The summed E-state index contributed by atoms with van der Waals surface area (Å²) >= 11 is 0. The highest BCUT2D eigenvalue weighted by molar-refractivity contribution is 5.79. The van der Waals surface area contributed by atoms with Crippen molar-refractivity contribution in [3.63, 3.8) is 0 Å². The van der Waals surface area contributed by atoms with Crippen LogP contribution < -0.4 is 0 Å². The molecule has 3 fully saturated rings. The smallest absolute Gasteiger partial charge is 0.225 e. The van der Waals surface area contributed by atoms with Gasteiger partial charge in [0.05, 0.1) is 5.69 Å². The number of nitrogens with zero attached hydrogens (tertiary/aromatic N) is 4. The maximum atomic E-state index is 13.0. The number of fused-ring (bicyclic) bond motifs is 3. The van der Waals surface area contributed by atoms with Crippen molar-refractivity contribution in [3.05, 3.63) is 17.5 Å². The van der Waals surface area contributed by atoms with Crippen LogP contribution in [0.4, 0.5) is 0 Å². The first-order valence-corrected chi connectivity index (χ1v) is 10.8. The predicted octanol–water partition coefficient (Wildman–Crippen LogP) is 2.83. The fourth-order valence-electron chi connectivity index (χ4n) is 5.91. The monoisotopic (exact) mass is 356 g/mol. The highest BCUT2D eigenvalue weighted by atomic mass is 16.2. The second-order valence-electron chi connectivity index (χ2n) is 9.22. The second-order valence-corrected chi connectivity index (χ2v) is 9.22. The first kappa shape index (κ1) is 16.8. The minimum absolute atomic E-state index is 0.299. The van der Waals surface area contributed by atoms with Crippen molar-refractivity contribution in [1.82, 2.24) is 19.6 Å². The molecular weight excluding hydrogens is 324 g/mol. The van der Waals surface area contributed by atoms with E-state index in [4.69, 9.17) is 5.10 Å². The average Bonchev–Trinajstić information content (AvgIpc) is 3.30. The third kappa shape index (κ3) is 2.98. The Balaban J connectivity index is 1.27. The SMILES string of the molecule is CC1CCC(C(=O)N2CC3CCCC(C2)N3Cc2cc3n(n2)CCC3)C1. The van der Waals surface area contributed by atoms with Crippen LogP contribution in [0.5, 0.6) is 0 Å². The van der Waals surface area contributed by atoms with Gasteiger partial charge in [0.2, 0.25) is 5.91 Å². The van der Waals surface area contributed by atoms with Gasteiger partial charge >= 0.3 is 0 Å². The van der Waals surface area contributed by atoms with Crippen LogP contribution in [0.3, 0.4) is 0 Å². The molecule has 1 amide bonds. The summed E-state index contributed by atoms with van der Waals surface area (Å²) in [7, 11) is 0. The summed E-state index contributed by atoms with van der Waals surface area (Å²) < 4.78 is 2.20. The largest absolute Gasteiger partial charge is 0.339 e. The lowest BCUT2D eigenvalue weighted by Crippen LogP contribution is -2.62. The van der Waals surface area contributed by atoms with Crippen LogP contribution >= 0.6 is 0 Å². The average molecular weight is 357 g/mol. The lowest BCUT2D eigenvalue weighted by atomic mass is 9.90. The maximum Gasteiger partial charge on any atom is 0.225 e. The quantitative estimate of drug-likeness (QED) is 0.836. The molecule has 4 heterocycles. The zero-order valence-electron chi connectivity index (χ0n) is 16.1. The Labute approximate surface area is 156 Å². The first-order valence-electron chi connectivity index (χ1n) is 10.8. The molecule has 4 unspecified atom stereocenters. The number of carbonyl (C=O) groups is 1. The van der Waals surface area contributed by atoms with Gasteiger partial charge in [0.15, 0.2) is 0 Å². The summed E-state index contributed by atoms with van der Waals surface area (Å²) in [5.41, 5.74) is 2.65. The van der Waals surface area contributed by atoms with Gasteiger partial charge in [0.1, 0.15) is 0 Å². The highest BCUT2D eigenvalue weighted by Gasteiger charge is 2.41. The lowest BCUT2D eigenvalue weighted by Gasteiger charge is -2.50. The zero-order valence-corrected chi connectivity index (χ0v) is 16.1. The zero-order chi connectivity index (χ0) is 17.7. The van der Waals surface area contributed by atoms with E-state index in [1.165, 1.54) is 49.9 Å². The van der Waals surface area contributed by atoms with Crippen molar-refractivity contribution >= 4 is 5.91 Å². The number of hydrogen-bond donors (Lipinski definition) is 0. The molecule has 0 N–H and O–H groups in total. The molecule has 1 aromatic rings. The van der Waals surface area contributed by atoms with Crippen LogP contribution in [-0.2, 0) is 24.3 Å². The van der Waals surface area contributed by atoms with Gasteiger partial charge in [-0.1, -0.05) is 13.3 Å². The Morgan fingerprint density at radius 3 is 2.65 bits per heavy atom. The van der Waals surface area contributed by atoms with E-state index in [-0.39, 0.29) is 0 Å². The van der Waals surface area contributed by atoms with Crippen molar-refractivity contribution in [3.8, 4) is 0 Å². The number of piperazine rings is 1. The molecule has 5 heteroatoms. The van der Waals surface area contributed by atoms with Crippen LogP contribution in [0, 0.1) is 11.8 Å². The number of aromatic nitrogens is 2. The van der Waals surface area contributed by atoms with Crippen molar-refractivity contribution in [1.29, 1.82) is 0 Å². The summed E-state index contributed by atoms with van der Waals surface area (Å²) in [4.78, 5) is 17.9. The Morgan fingerprint density at radius 2 is 1.96 bits per heavy atom. The van der Waals surface area contributed by atoms with Crippen LogP contribution in [-0.4, -0.2) is 50.7 Å². The van der Waals surface area contributed by atoms with Crippen molar-refractivity contribution in [2.45, 2.75) is 83.5 Å². The maximum absolute atomic E-state index is 13.0. The molecular formula is C21H32N4O. The number of amides is 1. The fraction of sp³-hybridized carbons (Fsp3) is 0.810. The Bertz CT molecular complexity index is 648. The van der Waals surface area contributed by atoms with Gasteiger partial charge in [0, 0.05) is 49.9 Å². The fourth-order valence-corrected chi connectivity index (χ4v) is 5.91. The van der Waals surface area contributed by atoms with E-state index in [0.29, 0.717) is 23.9 Å². The molecule has 2 bridgehead atoms. The molecule has 5 rings (SSSR count). The van der Waals surface area contributed by atoms with Crippen LogP contribution in [0.1, 0.15) is 63.3 Å². The number of carbonyl (C=O) groups excluding carboxylic acids is 1. The molecule has 3 aliphatic heterocycles. The standard InChI is InChI=1S/C21H32N4O/c1-15-7-8-16(10-15)21(26)23-13-19-4-2-5-20(14-23)24(19)12-17-11-18-6-3-9-25(18)22-17/h11,15-16,19-20H,2-10,12-14H2,1H3. The topological polar surface area (TPSA) is 41.4 Å². The molecule has 26 heavy (non-hydrogen) atoms. The van der Waals surface area contributed by atoms with Gasteiger partial charge in [-0.15, -0.1) is 0 Å². The number of piperidine rings is 1. The van der Waals surface area contributed by atoms with Crippen LogP contribution in [0.2, 0.25) is 0 Å². The molecule has 142 valence electrons. The molecule has 1 aromatic heterocycles. The third-order valence-corrected chi connectivity index (χ3v) is 7.29. The van der Waals surface area contributed by atoms with E-state index in [1.54, 1.807) is 0 Å². The normalized spacial score (nSPS) is 34.3. The summed E-state index contributed by atoms with van der Waals surface area (Å²) in [5.74, 6) is 1.48. The van der Waals surface area contributed by atoms with Gasteiger partial charge < -0.3 is 4.90 Å². The third-order valence-electron chi connectivity index (χ3n) is 7.29. The minimum atomic E-state index is 0.299. The Morgan fingerprint density at radius 1 is 1.15 bits per heavy atom. The molecule has 1 saturated carbocycles. The number of likely N-dealkylation sites (tertiary alicyclic amines) is 1. The van der Waals surface area contributed by atoms with Gasteiger partial charge in [-0.2, -0.15) is 5.10 Å². The van der Waals surface area contributed by atoms with E-state index in [1.807, 2.05) is 0 Å². The molecule has 0 aromatic carbocycles. The van der Waals surface area contributed by atoms with Gasteiger partial charge in [-0.3, -0.25) is 14.4 Å². The number of aryl methyl sites for hydroxylation is 2. The molecule has 0 spiro atoms. The lowest BCUT2D eigenvalue weighted by molar-refractivity contribution is -0.142. The molecule has 4 aliphatic rings. The summed E-state index contributed by atoms with van der Waals surface area (Å²) in [6.45, 7) is 6.23. The molecule has 0 radical (unpaired) electrons. The minimum Gasteiger partial charge on any atom is -0.339 e. The van der Waals surface area contributed by atoms with E-state index in [2.05, 4.69) is 27.5 Å². The first-order chi connectivity index (χ1) is 12.7. The molecule has 2 saturated heterocycles. The van der Waals surface area contributed by atoms with Crippen LogP contribution in [0.15, 0.2) is 6.07 Å². The molecule has 1 aliphatic carbocycles. The highest BCUT2D eigenvalue weighted by Crippen LogP contribution is 2.35. The van der Waals surface area contributed by atoms with E-state index >= 15 is 0 Å². The van der Waals surface area contributed by atoms with E-state index in [9.17, 15) is 4.79 Å². The molecule has 5 nitrogen and oxygen atoms in total. The van der Waals surface area contributed by atoms with Crippen molar-refractivity contribution < 1.29 is 4.79 Å². The van der Waals surface area contributed by atoms with Gasteiger partial charge in [-0.05, 0) is 56.9 Å². The Kier molecular flexibility index (Phi) is 4.30. The van der Waals surface area contributed by atoms with Gasteiger partial charge in [-0.25, -0.2) is 0 Å². The van der Waals surface area contributed by atoms with E-state index in [0.717, 1.165) is 44.9 Å². The van der Waals surface area contributed by atoms with Crippen molar-refractivity contribution in [2.75, 3.05) is 13.1 Å². The summed E-state index contributed by atoms with van der Waals surface area (Å²) in [5, 5.41) is 4.83. The number of hydrogen-bond acceptors (Lipinski definition) is 3. The Hall–Kier alpha value is -1.36.